The number of carbonyl (C=O) groups is 1. The summed E-state index contributed by atoms with van der Waals surface area (Å²) in [5.41, 5.74) is 1.21. The van der Waals surface area contributed by atoms with Crippen LogP contribution in [0.5, 0.6) is 0 Å². The molecule has 0 bridgehead atoms. The molecule has 1 aromatic heterocycles. The second-order valence-corrected chi connectivity index (χ2v) is 4.74. The van der Waals surface area contributed by atoms with E-state index in [4.69, 9.17) is 11.6 Å². The summed E-state index contributed by atoms with van der Waals surface area (Å²) < 4.78 is 12.8. The maximum atomic E-state index is 12.8. The van der Waals surface area contributed by atoms with Gasteiger partial charge in [0, 0.05) is 5.56 Å². The Balaban J connectivity index is 2.55. The predicted octanol–water partition coefficient (Wildman–Crippen LogP) is 3.64. The van der Waals surface area contributed by atoms with Crippen molar-refractivity contribution in [3.63, 3.8) is 0 Å². The van der Waals surface area contributed by atoms with Gasteiger partial charge in [0.25, 0.3) is 5.24 Å². The minimum Gasteiger partial charge on any atom is -0.275 e. The van der Waals surface area contributed by atoms with Gasteiger partial charge in [-0.25, -0.2) is 9.37 Å². The number of carbonyl (C=O) groups excluding carboxylic acids is 1. The third kappa shape index (κ3) is 2.13. The molecule has 0 spiro atoms. The summed E-state index contributed by atoms with van der Waals surface area (Å²) in [6, 6.07) is 5.80. The van der Waals surface area contributed by atoms with E-state index in [0.29, 0.717) is 16.1 Å². The molecule has 0 fully saturated rings. The standard InChI is InChI=1S/C11H7ClFNOS/c1-6-14-9(10(16-6)11(12)15)7-2-4-8(13)5-3-7/h2-5H,1H3. The number of hydrogen-bond donors (Lipinski definition) is 0. The van der Waals surface area contributed by atoms with E-state index in [-0.39, 0.29) is 5.82 Å². The summed E-state index contributed by atoms with van der Waals surface area (Å²) >= 11 is 6.70. The van der Waals surface area contributed by atoms with Gasteiger partial charge in [0.2, 0.25) is 0 Å². The average molecular weight is 256 g/mol. The Bertz CT molecular complexity index is 535. The second kappa shape index (κ2) is 4.31. The van der Waals surface area contributed by atoms with E-state index in [0.717, 1.165) is 5.01 Å². The summed E-state index contributed by atoms with van der Waals surface area (Å²) in [7, 11) is 0. The van der Waals surface area contributed by atoms with Crippen molar-refractivity contribution < 1.29 is 9.18 Å². The van der Waals surface area contributed by atoms with Crippen LogP contribution >= 0.6 is 22.9 Å². The zero-order valence-corrected chi connectivity index (χ0v) is 9.90. The van der Waals surface area contributed by atoms with Crippen LogP contribution in [0.3, 0.4) is 0 Å². The molecule has 2 nitrogen and oxygen atoms in total. The maximum Gasteiger partial charge on any atom is 0.264 e. The summed E-state index contributed by atoms with van der Waals surface area (Å²) in [5.74, 6) is -0.325. The summed E-state index contributed by atoms with van der Waals surface area (Å²) in [6.07, 6.45) is 0. The lowest BCUT2D eigenvalue weighted by Gasteiger charge is -1.98. The zero-order chi connectivity index (χ0) is 11.7. The van der Waals surface area contributed by atoms with Gasteiger partial charge in [-0.2, -0.15) is 0 Å². The van der Waals surface area contributed by atoms with Crippen LogP contribution in [0.1, 0.15) is 14.7 Å². The van der Waals surface area contributed by atoms with Gasteiger partial charge in [0.1, 0.15) is 10.7 Å². The molecule has 2 aromatic rings. The van der Waals surface area contributed by atoms with E-state index in [1.54, 1.807) is 19.1 Å². The molecular formula is C11H7ClFNOS. The smallest absolute Gasteiger partial charge is 0.264 e. The number of rotatable bonds is 2. The molecule has 0 aliphatic carbocycles. The first-order valence-corrected chi connectivity index (χ1v) is 5.70. The van der Waals surface area contributed by atoms with Gasteiger partial charge < -0.3 is 0 Å². The van der Waals surface area contributed by atoms with Crippen LogP contribution in [0.4, 0.5) is 4.39 Å². The summed E-state index contributed by atoms with van der Waals surface area (Å²) in [6.45, 7) is 1.79. The van der Waals surface area contributed by atoms with Crippen molar-refractivity contribution >= 4 is 28.2 Å². The fraction of sp³-hybridized carbons (Fsp3) is 0.0909. The molecule has 5 heteroatoms. The number of hydrogen-bond acceptors (Lipinski definition) is 3. The molecule has 1 aromatic carbocycles. The molecule has 0 radical (unpaired) electrons. The van der Waals surface area contributed by atoms with Crippen LogP contribution in [0.25, 0.3) is 11.3 Å². The van der Waals surface area contributed by atoms with Crippen molar-refractivity contribution in [3.05, 3.63) is 40.0 Å². The van der Waals surface area contributed by atoms with Gasteiger partial charge in [-0.3, -0.25) is 4.79 Å². The molecule has 2 rings (SSSR count). The van der Waals surface area contributed by atoms with Crippen LogP contribution in [-0.2, 0) is 0 Å². The fourth-order valence-electron chi connectivity index (χ4n) is 1.36. The Morgan fingerprint density at radius 3 is 2.56 bits per heavy atom. The van der Waals surface area contributed by atoms with Gasteiger partial charge in [-0.15, -0.1) is 11.3 Å². The molecule has 0 saturated heterocycles. The zero-order valence-electron chi connectivity index (χ0n) is 8.33. The normalized spacial score (nSPS) is 10.4. The minimum absolute atomic E-state index is 0.325. The van der Waals surface area contributed by atoms with Crippen LogP contribution in [0.2, 0.25) is 0 Å². The molecule has 16 heavy (non-hydrogen) atoms. The predicted molar refractivity (Wildman–Crippen MR) is 62.4 cm³/mol. The number of nitrogens with zero attached hydrogens (tertiary/aromatic N) is 1. The van der Waals surface area contributed by atoms with E-state index < -0.39 is 5.24 Å². The largest absolute Gasteiger partial charge is 0.275 e. The van der Waals surface area contributed by atoms with Gasteiger partial charge >= 0.3 is 0 Å². The van der Waals surface area contributed by atoms with Gasteiger partial charge in [-0.05, 0) is 42.8 Å². The van der Waals surface area contributed by atoms with E-state index in [9.17, 15) is 9.18 Å². The van der Waals surface area contributed by atoms with E-state index in [1.165, 1.54) is 23.5 Å². The van der Waals surface area contributed by atoms with Crippen molar-refractivity contribution in [2.75, 3.05) is 0 Å². The minimum atomic E-state index is -0.537. The summed E-state index contributed by atoms with van der Waals surface area (Å²) in [5, 5.41) is 0.216. The molecule has 82 valence electrons. The monoisotopic (exact) mass is 255 g/mol. The first-order valence-electron chi connectivity index (χ1n) is 4.51. The average Bonchev–Trinajstić information content (AvgIpc) is 2.61. The van der Waals surface area contributed by atoms with Crippen LogP contribution in [0.15, 0.2) is 24.3 Å². The van der Waals surface area contributed by atoms with E-state index >= 15 is 0 Å². The van der Waals surface area contributed by atoms with Gasteiger partial charge in [0.15, 0.2) is 0 Å². The van der Waals surface area contributed by atoms with Crippen molar-refractivity contribution in [1.82, 2.24) is 4.98 Å². The number of halogens is 2. The van der Waals surface area contributed by atoms with Crippen molar-refractivity contribution in [2.24, 2.45) is 0 Å². The molecule has 0 atom stereocenters. The van der Waals surface area contributed by atoms with Crippen molar-refractivity contribution in [2.45, 2.75) is 6.92 Å². The molecule has 0 saturated carbocycles. The molecule has 0 amide bonds. The van der Waals surface area contributed by atoms with Crippen LogP contribution < -0.4 is 0 Å². The highest BCUT2D eigenvalue weighted by atomic mass is 35.5. The first-order chi connectivity index (χ1) is 7.58. The van der Waals surface area contributed by atoms with Crippen molar-refractivity contribution in [1.29, 1.82) is 0 Å². The highest BCUT2D eigenvalue weighted by Crippen LogP contribution is 2.29. The Kier molecular flexibility index (Phi) is 3.03. The lowest BCUT2D eigenvalue weighted by Crippen LogP contribution is -1.89. The van der Waals surface area contributed by atoms with Gasteiger partial charge in [0.05, 0.1) is 10.7 Å². The highest BCUT2D eigenvalue weighted by Gasteiger charge is 2.16. The Hall–Kier alpha value is -1.26. The molecular weight excluding hydrogens is 249 g/mol. The van der Waals surface area contributed by atoms with E-state index in [2.05, 4.69) is 4.98 Å². The number of benzene rings is 1. The number of thiazole rings is 1. The number of aryl methyl sites for hydroxylation is 1. The fourth-order valence-corrected chi connectivity index (χ4v) is 2.34. The molecule has 0 unspecified atom stereocenters. The lowest BCUT2D eigenvalue weighted by atomic mass is 10.1. The van der Waals surface area contributed by atoms with Crippen LogP contribution in [-0.4, -0.2) is 10.2 Å². The summed E-state index contributed by atoms with van der Waals surface area (Å²) in [4.78, 5) is 15.8. The SMILES string of the molecule is Cc1nc(-c2ccc(F)cc2)c(C(=O)Cl)s1. The molecule has 0 aliphatic rings. The molecule has 1 heterocycles. The number of aromatic nitrogens is 1. The van der Waals surface area contributed by atoms with Gasteiger partial charge in [-0.1, -0.05) is 0 Å². The van der Waals surface area contributed by atoms with Crippen molar-refractivity contribution in [3.8, 4) is 11.3 Å². The Morgan fingerprint density at radius 1 is 1.38 bits per heavy atom. The quantitative estimate of drug-likeness (QED) is 0.767. The lowest BCUT2D eigenvalue weighted by molar-refractivity contribution is 0.108. The topological polar surface area (TPSA) is 30.0 Å². The van der Waals surface area contributed by atoms with E-state index in [1.807, 2.05) is 0 Å². The first kappa shape index (κ1) is 11.2. The van der Waals surface area contributed by atoms with Crippen LogP contribution in [0, 0.1) is 12.7 Å². The molecule has 0 aliphatic heterocycles. The Morgan fingerprint density at radius 2 is 2.00 bits per heavy atom. The third-order valence-corrected chi connectivity index (χ3v) is 3.30. The Labute approximate surface area is 101 Å². The highest BCUT2D eigenvalue weighted by molar-refractivity contribution is 7.15. The third-order valence-electron chi connectivity index (χ3n) is 2.03. The maximum absolute atomic E-state index is 12.8. The molecule has 0 N–H and O–H groups in total. The second-order valence-electron chi connectivity index (χ2n) is 3.19.